The summed E-state index contributed by atoms with van der Waals surface area (Å²) in [5.41, 5.74) is 7.07. The lowest BCUT2D eigenvalue weighted by Gasteiger charge is -2.36. The van der Waals surface area contributed by atoms with Gasteiger partial charge in [-0.25, -0.2) is 0 Å². The molecule has 120 valence electrons. The van der Waals surface area contributed by atoms with E-state index in [1.807, 2.05) is 0 Å². The summed E-state index contributed by atoms with van der Waals surface area (Å²) in [4.78, 5) is 25.7. The van der Waals surface area contributed by atoms with Gasteiger partial charge in [-0.2, -0.15) is 0 Å². The van der Waals surface area contributed by atoms with E-state index in [0.29, 0.717) is 36.2 Å². The number of benzene rings is 1. The molecule has 5 heteroatoms. The molecule has 2 rings (SSSR count). The zero-order valence-electron chi connectivity index (χ0n) is 13.3. The smallest absolute Gasteiger partial charge is 0.238 e. The molecule has 0 aliphatic carbocycles. The SMILES string of the molecule is CC(=O)c1cccc(NC(=O)CN2CCC(C)C(CN)C2)c1. The first-order valence-corrected chi connectivity index (χ1v) is 7.83. The molecule has 2 atom stereocenters. The van der Waals surface area contributed by atoms with Crippen molar-refractivity contribution in [2.45, 2.75) is 20.3 Å². The molecule has 1 heterocycles. The fraction of sp³-hybridized carbons (Fsp3) is 0.529. The molecule has 1 aliphatic rings. The number of piperidine rings is 1. The number of likely N-dealkylation sites (tertiary alicyclic amines) is 1. The van der Waals surface area contributed by atoms with Gasteiger partial charge in [0.1, 0.15) is 0 Å². The number of anilines is 1. The van der Waals surface area contributed by atoms with Crippen LogP contribution in [0.25, 0.3) is 0 Å². The van der Waals surface area contributed by atoms with Gasteiger partial charge < -0.3 is 11.1 Å². The van der Waals surface area contributed by atoms with Crippen LogP contribution in [-0.4, -0.2) is 42.8 Å². The van der Waals surface area contributed by atoms with Crippen LogP contribution in [0.2, 0.25) is 0 Å². The maximum atomic E-state index is 12.2. The van der Waals surface area contributed by atoms with E-state index in [-0.39, 0.29) is 11.7 Å². The van der Waals surface area contributed by atoms with Crippen molar-refractivity contribution in [2.75, 3.05) is 31.5 Å². The van der Waals surface area contributed by atoms with E-state index in [9.17, 15) is 9.59 Å². The number of Topliss-reactive ketones (excluding diaryl/α,β-unsaturated/α-hetero) is 1. The van der Waals surface area contributed by atoms with Crippen LogP contribution in [0, 0.1) is 11.8 Å². The van der Waals surface area contributed by atoms with Gasteiger partial charge in [0.05, 0.1) is 6.54 Å². The zero-order chi connectivity index (χ0) is 16.1. The number of rotatable bonds is 5. The monoisotopic (exact) mass is 303 g/mol. The van der Waals surface area contributed by atoms with Gasteiger partial charge in [-0.05, 0) is 50.4 Å². The number of carbonyl (C=O) groups excluding carboxylic acids is 2. The summed E-state index contributed by atoms with van der Waals surface area (Å²) >= 11 is 0. The lowest BCUT2D eigenvalue weighted by atomic mass is 9.87. The second-order valence-corrected chi connectivity index (χ2v) is 6.18. The second-order valence-electron chi connectivity index (χ2n) is 6.18. The summed E-state index contributed by atoms with van der Waals surface area (Å²) < 4.78 is 0. The van der Waals surface area contributed by atoms with Gasteiger partial charge in [-0.3, -0.25) is 14.5 Å². The van der Waals surface area contributed by atoms with Gasteiger partial charge in [0.2, 0.25) is 5.91 Å². The molecule has 1 fully saturated rings. The number of carbonyl (C=O) groups is 2. The van der Waals surface area contributed by atoms with Gasteiger partial charge in [-0.15, -0.1) is 0 Å². The average molecular weight is 303 g/mol. The van der Waals surface area contributed by atoms with Crippen LogP contribution in [0.15, 0.2) is 24.3 Å². The molecule has 0 spiro atoms. The molecule has 1 aromatic rings. The van der Waals surface area contributed by atoms with Crippen LogP contribution in [-0.2, 0) is 4.79 Å². The van der Waals surface area contributed by atoms with Crippen molar-refractivity contribution in [2.24, 2.45) is 17.6 Å². The van der Waals surface area contributed by atoms with Crippen LogP contribution in [0.5, 0.6) is 0 Å². The Morgan fingerprint density at radius 3 is 2.86 bits per heavy atom. The molecule has 2 unspecified atom stereocenters. The minimum Gasteiger partial charge on any atom is -0.330 e. The fourth-order valence-corrected chi connectivity index (χ4v) is 2.89. The Balaban J connectivity index is 1.90. The Bertz CT molecular complexity index is 544. The molecule has 22 heavy (non-hydrogen) atoms. The minimum absolute atomic E-state index is 0.00750. The van der Waals surface area contributed by atoms with Crippen LogP contribution >= 0.6 is 0 Å². The van der Waals surface area contributed by atoms with E-state index >= 15 is 0 Å². The molecular formula is C17H25N3O2. The third-order valence-corrected chi connectivity index (χ3v) is 4.42. The van der Waals surface area contributed by atoms with Crippen molar-refractivity contribution < 1.29 is 9.59 Å². The summed E-state index contributed by atoms with van der Waals surface area (Å²) in [5.74, 6) is 1.03. The first-order valence-electron chi connectivity index (χ1n) is 7.83. The van der Waals surface area contributed by atoms with Gasteiger partial charge in [0.15, 0.2) is 5.78 Å². The molecule has 1 saturated heterocycles. The molecule has 0 saturated carbocycles. The molecule has 3 N–H and O–H groups in total. The van der Waals surface area contributed by atoms with E-state index in [4.69, 9.17) is 5.73 Å². The number of nitrogens with one attached hydrogen (secondary N) is 1. The Labute approximate surface area is 131 Å². The number of ketones is 1. The van der Waals surface area contributed by atoms with Gasteiger partial charge in [0.25, 0.3) is 0 Å². The molecule has 1 aliphatic heterocycles. The summed E-state index contributed by atoms with van der Waals surface area (Å²) in [6, 6.07) is 7.03. The number of nitrogens with two attached hydrogens (primary N) is 1. The number of hydrogen-bond donors (Lipinski definition) is 2. The Morgan fingerprint density at radius 2 is 2.18 bits per heavy atom. The highest BCUT2D eigenvalue weighted by Gasteiger charge is 2.26. The summed E-state index contributed by atoms with van der Waals surface area (Å²) in [6.45, 7) is 6.58. The molecule has 5 nitrogen and oxygen atoms in total. The number of nitrogens with zero attached hydrogens (tertiary/aromatic N) is 1. The van der Waals surface area contributed by atoms with Gasteiger partial charge in [-0.1, -0.05) is 19.1 Å². The third kappa shape index (κ3) is 4.39. The van der Waals surface area contributed by atoms with Crippen molar-refractivity contribution in [3.63, 3.8) is 0 Å². The van der Waals surface area contributed by atoms with Crippen molar-refractivity contribution in [3.05, 3.63) is 29.8 Å². The maximum absolute atomic E-state index is 12.2. The standard InChI is InChI=1S/C17H25N3O2/c1-12-6-7-20(10-15(12)9-18)11-17(22)19-16-5-3-4-14(8-16)13(2)21/h3-5,8,12,15H,6-7,9-11,18H2,1-2H3,(H,19,22). The predicted molar refractivity (Wildman–Crippen MR) is 87.8 cm³/mol. The quantitative estimate of drug-likeness (QED) is 0.813. The van der Waals surface area contributed by atoms with Crippen LogP contribution in [0.3, 0.4) is 0 Å². The highest BCUT2D eigenvalue weighted by molar-refractivity contribution is 5.97. The summed E-state index contributed by atoms with van der Waals surface area (Å²) in [6.07, 6.45) is 1.08. The lowest BCUT2D eigenvalue weighted by molar-refractivity contribution is -0.117. The molecule has 0 radical (unpaired) electrons. The van der Waals surface area contributed by atoms with Gasteiger partial charge in [0, 0.05) is 17.8 Å². The highest BCUT2D eigenvalue weighted by atomic mass is 16.2. The van der Waals surface area contributed by atoms with Crippen molar-refractivity contribution in [3.8, 4) is 0 Å². The van der Waals surface area contributed by atoms with E-state index < -0.39 is 0 Å². The largest absolute Gasteiger partial charge is 0.330 e. The molecule has 0 bridgehead atoms. The Morgan fingerprint density at radius 1 is 1.41 bits per heavy atom. The van der Waals surface area contributed by atoms with E-state index in [1.165, 1.54) is 6.92 Å². The lowest BCUT2D eigenvalue weighted by Crippen LogP contribution is -2.45. The number of amides is 1. The highest BCUT2D eigenvalue weighted by Crippen LogP contribution is 2.22. The zero-order valence-corrected chi connectivity index (χ0v) is 13.3. The van der Waals surface area contributed by atoms with E-state index in [1.54, 1.807) is 24.3 Å². The first kappa shape index (κ1) is 16.6. The van der Waals surface area contributed by atoms with Crippen LogP contribution < -0.4 is 11.1 Å². The van der Waals surface area contributed by atoms with Crippen LogP contribution in [0.4, 0.5) is 5.69 Å². The van der Waals surface area contributed by atoms with Crippen molar-refractivity contribution in [1.82, 2.24) is 4.90 Å². The molecule has 1 amide bonds. The van der Waals surface area contributed by atoms with Gasteiger partial charge >= 0.3 is 0 Å². The fourth-order valence-electron chi connectivity index (χ4n) is 2.89. The topological polar surface area (TPSA) is 75.4 Å². The predicted octanol–water partition coefficient (Wildman–Crippen LogP) is 1.74. The minimum atomic E-state index is -0.0500. The van der Waals surface area contributed by atoms with Crippen molar-refractivity contribution >= 4 is 17.4 Å². The maximum Gasteiger partial charge on any atom is 0.238 e. The summed E-state index contributed by atoms with van der Waals surface area (Å²) in [7, 11) is 0. The number of hydrogen-bond acceptors (Lipinski definition) is 4. The van der Waals surface area contributed by atoms with Crippen molar-refractivity contribution in [1.29, 1.82) is 0 Å². The normalized spacial score (nSPS) is 22.3. The van der Waals surface area contributed by atoms with Crippen LogP contribution in [0.1, 0.15) is 30.6 Å². The second kappa shape index (κ2) is 7.51. The molecule has 1 aromatic carbocycles. The molecular weight excluding hydrogens is 278 g/mol. The average Bonchev–Trinajstić information content (AvgIpc) is 2.49. The van der Waals surface area contributed by atoms with E-state index in [0.717, 1.165) is 19.5 Å². The Kier molecular flexibility index (Phi) is 5.69. The first-order chi connectivity index (χ1) is 10.5. The van der Waals surface area contributed by atoms with E-state index in [2.05, 4.69) is 17.1 Å². The third-order valence-electron chi connectivity index (χ3n) is 4.42. The molecule has 0 aromatic heterocycles. The Hall–Kier alpha value is -1.72. The summed E-state index contributed by atoms with van der Waals surface area (Å²) in [5, 5.41) is 2.86.